The van der Waals surface area contributed by atoms with E-state index in [1.54, 1.807) is 13.8 Å². The van der Waals surface area contributed by atoms with Crippen LogP contribution in [0.4, 0.5) is 0 Å². The second-order valence-electron chi connectivity index (χ2n) is 2.59. The van der Waals surface area contributed by atoms with Gasteiger partial charge in [-0.15, -0.1) is 0 Å². The number of carbonyl (C=O) groups is 1. The summed E-state index contributed by atoms with van der Waals surface area (Å²) < 4.78 is -3.98. The maximum atomic E-state index is 11.3. The fourth-order valence-corrected chi connectivity index (χ4v) is 1.22. The zero-order valence-electron chi connectivity index (χ0n) is 6.38. The van der Waals surface area contributed by atoms with E-state index in [0.717, 1.165) is 0 Å². The lowest BCUT2D eigenvalue weighted by Gasteiger charge is -2.27. The van der Waals surface area contributed by atoms with Gasteiger partial charge in [-0.2, -0.15) is 0 Å². The maximum Gasteiger partial charge on any atom is 0.230 e. The lowest BCUT2D eigenvalue weighted by atomic mass is 10.1. The zero-order chi connectivity index (χ0) is 10.2. The van der Waals surface area contributed by atoms with E-state index in [1.807, 2.05) is 0 Å². The van der Waals surface area contributed by atoms with Crippen LogP contribution in [-0.2, 0) is 4.79 Å². The van der Waals surface area contributed by atoms with Gasteiger partial charge in [-0.1, -0.05) is 71.9 Å². The predicted octanol–water partition coefficient (Wildman–Crippen LogP) is 3.76. The zero-order valence-corrected chi connectivity index (χ0v) is 10.2. The molecular formula is C6H7Cl5O. The van der Waals surface area contributed by atoms with Crippen molar-refractivity contribution in [3.05, 3.63) is 0 Å². The molecule has 1 nitrogen and oxygen atoms in total. The topological polar surface area (TPSA) is 17.1 Å². The van der Waals surface area contributed by atoms with Gasteiger partial charge in [0.15, 0.2) is 5.78 Å². The summed E-state index contributed by atoms with van der Waals surface area (Å²) in [7, 11) is 0. The molecule has 6 heteroatoms. The molecule has 72 valence electrons. The van der Waals surface area contributed by atoms with Crippen LogP contribution in [0.25, 0.3) is 0 Å². The molecule has 0 aliphatic carbocycles. The predicted molar refractivity (Wildman–Crippen MR) is 54.6 cm³/mol. The second-order valence-corrected chi connectivity index (χ2v) is 6.20. The third-order valence-electron chi connectivity index (χ3n) is 1.19. The Balaban J connectivity index is 4.74. The number of alkyl halides is 5. The van der Waals surface area contributed by atoms with E-state index in [2.05, 4.69) is 0 Å². The molecule has 0 saturated heterocycles. The molecule has 0 atom stereocenters. The van der Waals surface area contributed by atoms with Crippen molar-refractivity contribution in [1.29, 1.82) is 0 Å². The van der Waals surface area contributed by atoms with E-state index in [1.165, 1.54) is 0 Å². The SMILES string of the molecule is CC(C)C(=O)C(Cl)(Cl)C(Cl)(Cl)Cl. The summed E-state index contributed by atoms with van der Waals surface area (Å²) in [6, 6.07) is 0. The van der Waals surface area contributed by atoms with Crippen molar-refractivity contribution >= 4 is 63.8 Å². The summed E-state index contributed by atoms with van der Waals surface area (Å²) in [5.41, 5.74) is 0. The summed E-state index contributed by atoms with van der Waals surface area (Å²) in [6.45, 7) is 3.25. The number of ketones is 1. The largest absolute Gasteiger partial charge is 0.296 e. The molecule has 0 aromatic rings. The molecule has 0 rings (SSSR count). The Morgan fingerprint density at radius 3 is 1.50 bits per heavy atom. The minimum Gasteiger partial charge on any atom is -0.296 e. The van der Waals surface area contributed by atoms with Crippen LogP contribution in [0.15, 0.2) is 0 Å². The third-order valence-corrected chi connectivity index (χ3v) is 3.56. The number of Topliss-reactive ketones (excluding diaryl/α,β-unsaturated/α-hetero) is 1. The second kappa shape index (κ2) is 4.10. The van der Waals surface area contributed by atoms with E-state index >= 15 is 0 Å². The van der Waals surface area contributed by atoms with Crippen LogP contribution in [0.2, 0.25) is 0 Å². The average Bonchev–Trinajstić information content (AvgIpc) is 1.83. The highest BCUT2D eigenvalue weighted by Crippen LogP contribution is 2.47. The number of hydrogen-bond donors (Lipinski definition) is 0. The Hall–Kier alpha value is 1.12. The smallest absolute Gasteiger partial charge is 0.230 e. The van der Waals surface area contributed by atoms with Crippen LogP contribution in [0.1, 0.15) is 13.8 Å². The molecule has 0 heterocycles. The Kier molecular flexibility index (Phi) is 4.48. The van der Waals surface area contributed by atoms with E-state index in [9.17, 15) is 4.79 Å². The van der Waals surface area contributed by atoms with Gasteiger partial charge in [0.25, 0.3) is 0 Å². The Bertz CT molecular complexity index is 181. The summed E-state index contributed by atoms with van der Waals surface area (Å²) in [6.07, 6.45) is 0. The van der Waals surface area contributed by atoms with Gasteiger partial charge < -0.3 is 0 Å². The molecule has 0 radical (unpaired) electrons. The average molecular weight is 272 g/mol. The quantitative estimate of drug-likeness (QED) is 0.700. The molecule has 0 spiro atoms. The van der Waals surface area contributed by atoms with Gasteiger partial charge in [-0.25, -0.2) is 0 Å². The molecule has 0 amide bonds. The van der Waals surface area contributed by atoms with Crippen molar-refractivity contribution in [3.63, 3.8) is 0 Å². The molecule has 0 saturated carbocycles. The maximum absolute atomic E-state index is 11.3. The highest BCUT2D eigenvalue weighted by atomic mass is 35.6. The van der Waals surface area contributed by atoms with Gasteiger partial charge in [-0.05, 0) is 0 Å². The number of carbonyl (C=O) groups excluding carboxylic acids is 1. The first kappa shape index (κ1) is 13.1. The summed E-state index contributed by atoms with van der Waals surface area (Å²) in [5.74, 6) is -0.888. The molecule has 0 bridgehead atoms. The molecule has 0 aromatic carbocycles. The summed E-state index contributed by atoms with van der Waals surface area (Å²) in [4.78, 5) is 11.3. The molecule has 0 aliphatic heterocycles. The molecule has 12 heavy (non-hydrogen) atoms. The fraction of sp³-hybridized carbons (Fsp3) is 0.833. The standard InChI is InChI=1S/C6H7Cl5O/c1-3(2)4(12)5(7,8)6(9,10)11/h3H,1-2H3. The molecule has 0 unspecified atom stereocenters. The normalized spacial score (nSPS) is 13.7. The molecule has 0 aromatic heterocycles. The minimum atomic E-state index is -2.00. The summed E-state index contributed by atoms with van der Waals surface area (Å²) in [5, 5.41) is 0. The minimum absolute atomic E-state index is 0.379. The van der Waals surface area contributed by atoms with E-state index in [4.69, 9.17) is 58.0 Å². The molecule has 0 N–H and O–H groups in total. The van der Waals surface area contributed by atoms with E-state index in [-0.39, 0.29) is 5.92 Å². The first-order valence-corrected chi connectivity index (χ1v) is 4.98. The number of halogens is 5. The third kappa shape index (κ3) is 2.81. The van der Waals surface area contributed by atoms with Gasteiger partial charge in [0, 0.05) is 5.92 Å². The lowest BCUT2D eigenvalue weighted by molar-refractivity contribution is -0.122. The molecule has 0 fully saturated rings. The molecule has 0 aliphatic rings. The fourth-order valence-electron chi connectivity index (χ4n) is 0.502. The van der Waals surface area contributed by atoms with Crippen LogP contribution in [0.5, 0.6) is 0 Å². The number of rotatable bonds is 2. The van der Waals surface area contributed by atoms with Crippen LogP contribution in [0.3, 0.4) is 0 Å². The van der Waals surface area contributed by atoms with Crippen LogP contribution in [-0.4, -0.2) is 13.9 Å². The summed E-state index contributed by atoms with van der Waals surface area (Å²) >= 11 is 27.4. The highest BCUT2D eigenvalue weighted by molar-refractivity contribution is 6.79. The van der Waals surface area contributed by atoms with Crippen molar-refractivity contribution in [2.24, 2.45) is 5.92 Å². The van der Waals surface area contributed by atoms with Crippen molar-refractivity contribution in [2.45, 2.75) is 22.0 Å². The number of hydrogen-bond acceptors (Lipinski definition) is 1. The van der Waals surface area contributed by atoms with Crippen LogP contribution in [0, 0.1) is 5.92 Å². The van der Waals surface area contributed by atoms with Gasteiger partial charge in [0.05, 0.1) is 0 Å². The Labute approximate surface area is 96.2 Å². The van der Waals surface area contributed by atoms with Gasteiger partial charge in [0.2, 0.25) is 8.13 Å². The first-order chi connectivity index (χ1) is 5.10. The van der Waals surface area contributed by atoms with Crippen molar-refractivity contribution in [2.75, 3.05) is 0 Å². The van der Waals surface area contributed by atoms with Crippen LogP contribution < -0.4 is 0 Å². The lowest BCUT2D eigenvalue weighted by Crippen LogP contribution is -2.42. The van der Waals surface area contributed by atoms with E-state index in [0.29, 0.717) is 0 Å². The van der Waals surface area contributed by atoms with E-state index < -0.39 is 13.9 Å². The van der Waals surface area contributed by atoms with Crippen LogP contribution >= 0.6 is 58.0 Å². The monoisotopic (exact) mass is 270 g/mol. The van der Waals surface area contributed by atoms with Crippen molar-refractivity contribution < 1.29 is 4.79 Å². The van der Waals surface area contributed by atoms with Crippen molar-refractivity contribution in [1.82, 2.24) is 0 Å². The van der Waals surface area contributed by atoms with Crippen molar-refractivity contribution in [3.8, 4) is 0 Å². The first-order valence-electron chi connectivity index (χ1n) is 3.09. The Morgan fingerprint density at radius 2 is 1.42 bits per heavy atom. The van der Waals surface area contributed by atoms with Gasteiger partial charge >= 0.3 is 0 Å². The van der Waals surface area contributed by atoms with Gasteiger partial charge in [0.1, 0.15) is 0 Å². The Morgan fingerprint density at radius 1 is 1.08 bits per heavy atom. The molecular weight excluding hydrogens is 265 g/mol. The van der Waals surface area contributed by atoms with Gasteiger partial charge in [-0.3, -0.25) is 4.79 Å². The highest BCUT2D eigenvalue weighted by Gasteiger charge is 2.52.